The van der Waals surface area contributed by atoms with Gasteiger partial charge in [-0.05, 0) is 23.3 Å². The summed E-state index contributed by atoms with van der Waals surface area (Å²) < 4.78 is 0. The van der Waals surface area contributed by atoms with E-state index >= 15 is 0 Å². The van der Waals surface area contributed by atoms with E-state index in [1.54, 1.807) is 17.8 Å². The zero-order chi connectivity index (χ0) is 15.2. The number of H-pyrrole nitrogens is 1. The molecule has 21 heavy (non-hydrogen) atoms. The summed E-state index contributed by atoms with van der Waals surface area (Å²) in [5, 5.41) is 3.73. The molecule has 0 saturated heterocycles. The van der Waals surface area contributed by atoms with Crippen molar-refractivity contribution in [2.24, 2.45) is 0 Å². The molecule has 0 unspecified atom stereocenters. The van der Waals surface area contributed by atoms with Gasteiger partial charge in [0, 0.05) is 17.5 Å². The molecular formula is C16H21N3OS. The van der Waals surface area contributed by atoms with Gasteiger partial charge < -0.3 is 5.32 Å². The van der Waals surface area contributed by atoms with Crippen molar-refractivity contribution >= 4 is 23.4 Å². The number of rotatable bonds is 6. The van der Waals surface area contributed by atoms with Crippen LogP contribution in [0.4, 0.5) is 11.6 Å². The van der Waals surface area contributed by atoms with Crippen molar-refractivity contribution in [2.45, 2.75) is 38.2 Å². The molecule has 0 atom stereocenters. The van der Waals surface area contributed by atoms with Crippen molar-refractivity contribution in [1.29, 1.82) is 0 Å². The quantitative estimate of drug-likeness (QED) is 0.854. The second-order valence-electron chi connectivity index (χ2n) is 5.08. The van der Waals surface area contributed by atoms with Crippen LogP contribution in [-0.2, 0) is 12.2 Å². The second-order valence-corrected chi connectivity index (χ2v) is 6.65. The molecule has 0 saturated carbocycles. The van der Waals surface area contributed by atoms with Gasteiger partial charge in [-0.15, -0.1) is 0 Å². The summed E-state index contributed by atoms with van der Waals surface area (Å²) in [6.45, 7) is 6.37. The monoisotopic (exact) mass is 303 g/mol. The lowest BCUT2D eigenvalue weighted by Crippen LogP contribution is -2.12. The summed E-state index contributed by atoms with van der Waals surface area (Å²) in [4.78, 5) is 19.0. The van der Waals surface area contributed by atoms with Gasteiger partial charge in [-0.3, -0.25) is 9.78 Å². The number of benzene rings is 1. The van der Waals surface area contributed by atoms with Crippen LogP contribution in [0.3, 0.4) is 0 Å². The van der Waals surface area contributed by atoms with Crippen LogP contribution in [0.1, 0.15) is 32.0 Å². The average Bonchev–Trinajstić information content (AvgIpc) is 2.45. The Morgan fingerprint density at radius 2 is 2.10 bits per heavy atom. The highest BCUT2D eigenvalue weighted by molar-refractivity contribution is 7.99. The highest BCUT2D eigenvalue weighted by atomic mass is 32.2. The van der Waals surface area contributed by atoms with Gasteiger partial charge in [-0.2, -0.15) is 11.8 Å². The number of nitrogens with one attached hydrogen (secondary N) is 2. The predicted octanol–water partition coefficient (Wildman–Crippen LogP) is 3.72. The lowest BCUT2D eigenvalue weighted by molar-refractivity contribution is 1.04. The lowest BCUT2D eigenvalue weighted by Gasteiger charge is -2.11. The van der Waals surface area contributed by atoms with Crippen LogP contribution in [0.15, 0.2) is 35.1 Å². The Labute approximate surface area is 129 Å². The van der Waals surface area contributed by atoms with Crippen molar-refractivity contribution in [1.82, 2.24) is 9.97 Å². The Bertz CT molecular complexity index is 652. The third-order valence-corrected chi connectivity index (χ3v) is 4.14. The van der Waals surface area contributed by atoms with Crippen LogP contribution in [0.25, 0.3) is 0 Å². The number of hydrogen-bond acceptors (Lipinski definition) is 4. The fourth-order valence-corrected chi connectivity index (χ4v) is 2.62. The summed E-state index contributed by atoms with van der Waals surface area (Å²) in [5.41, 5.74) is 2.86. The number of thioether (sulfide) groups is 1. The van der Waals surface area contributed by atoms with Gasteiger partial charge in [0.2, 0.25) is 5.95 Å². The van der Waals surface area contributed by atoms with Crippen molar-refractivity contribution in [3.8, 4) is 0 Å². The molecule has 1 heterocycles. The maximum Gasteiger partial charge on any atom is 0.252 e. The first-order chi connectivity index (χ1) is 10.1. The maximum absolute atomic E-state index is 11.8. The largest absolute Gasteiger partial charge is 0.325 e. The minimum Gasteiger partial charge on any atom is -0.325 e. The number of aryl methyl sites for hydroxylation is 1. The molecule has 2 rings (SSSR count). The summed E-state index contributed by atoms with van der Waals surface area (Å²) in [7, 11) is 0. The van der Waals surface area contributed by atoms with Crippen molar-refractivity contribution < 1.29 is 0 Å². The Morgan fingerprint density at radius 3 is 2.81 bits per heavy atom. The summed E-state index contributed by atoms with van der Waals surface area (Å²) >= 11 is 1.77. The van der Waals surface area contributed by atoms with Gasteiger partial charge in [-0.1, -0.05) is 39.0 Å². The first-order valence-corrected chi connectivity index (χ1v) is 8.20. The topological polar surface area (TPSA) is 57.8 Å². The number of aromatic amines is 1. The van der Waals surface area contributed by atoms with E-state index in [1.807, 2.05) is 18.2 Å². The van der Waals surface area contributed by atoms with E-state index in [1.165, 1.54) is 5.56 Å². The minimum atomic E-state index is -0.124. The van der Waals surface area contributed by atoms with Crippen molar-refractivity contribution in [2.75, 3.05) is 5.32 Å². The summed E-state index contributed by atoms with van der Waals surface area (Å²) in [6.07, 6.45) is 0.927. The standard InChI is InChI=1S/C16H21N3OS/c1-4-12-7-5-6-8-14(12)18-16-17-13(9-15(20)19-16)10-21-11(2)3/h5-9,11H,4,10H2,1-3H3,(H2,17,18,19,20). The van der Waals surface area contributed by atoms with Crippen LogP contribution in [-0.4, -0.2) is 15.2 Å². The minimum absolute atomic E-state index is 0.124. The molecule has 0 aliphatic rings. The first-order valence-electron chi connectivity index (χ1n) is 7.15. The molecule has 1 aromatic carbocycles. The Hall–Kier alpha value is -1.75. The number of hydrogen-bond donors (Lipinski definition) is 2. The molecule has 0 bridgehead atoms. The lowest BCUT2D eigenvalue weighted by atomic mass is 10.1. The molecule has 112 valence electrons. The molecule has 0 amide bonds. The van der Waals surface area contributed by atoms with Gasteiger partial charge in [-0.25, -0.2) is 4.98 Å². The summed E-state index contributed by atoms with van der Waals surface area (Å²) in [5.74, 6) is 1.24. The molecule has 0 spiro atoms. The van der Waals surface area contributed by atoms with Crippen LogP contribution in [0, 0.1) is 0 Å². The van der Waals surface area contributed by atoms with Gasteiger partial charge >= 0.3 is 0 Å². The second kappa shape index (κ2) is 7.31. The van der Waals surface area contributed by atoms with E-state index in [2.05, 4.69) is 42.1 Å². The smallest absolute Gasteiger partial charge is 0.252 e. The molecule has 0 radical (unpaired) electrons. The molecule has 0 aliphatic heterocycles. The number of nitrogens with zero attached hydrogens (tertiary/aromatic N) is 1. The number of aromatic nitrogens is 2. The molecule has 5 heteroatoms. The van der Waals surface area contributed by atoms with E-state index in [-0.39, 0.29) is 5.56 Å². The van der Waals surface area contributed by atoms with E-state index < -0.39 is 0 Å². The van der Waals surface area contributed by atoms with E-state index in [9.17, 15) is 4.79 Å². The van der Waals surface area contributed by atoms with Crippen LogP contribution in [0.5, 0.6) is 0 Å². The zero-order valence-electron chi connectivity index (χ0n) is 12.6. The third kappa shape index (κ3) is 4.63. The molecule has 4 nitrogen and oxygen atoms in total. The average molecular weight is 303 g/mol. The van der Waals surface area contributed by atoms with E-state index in [0.717, 1.165) is 23.6 Å². The van der Waals surface area contributed by atoms with Crippen LogP contribution < -0.4 is 10.9 Å². The molecular weight excluding hydrogens is 282 g/mol. The Balaban J connectivity index is 2.21. The molecule has 2 N–H and O–H groups in total. The van der Waals surface area contributed by atoms with Crippen LogP contribution in [0.2, 0.25) is 0 Å². The van der Waals surface area contributed by atoms with Gasteiger partial charge in [0.25, 0.3) is 5.56 Å². The number of para-hydroxylation sites is 1. The summed E-state index contributed by atoms with van der Waals surface area (Å²) in [6, 6.07) is 9.60. The maximum atomic E-state index is 11.8. The van der Waals surface area contributed by atoms with Gasteiger partial charge in [0.05, 0.1) is 5.69 Å². The fourth-order valence-electron chi connectivity index (χ4n) is 1.97. The molecule has 0 aliphatic carbocycles. The highest BCUT2D eigenvalue weighted by Gasteiger charge is 2.05. The first kappa shape index (κ1) is 15.6. The van der Waals surface area contributed by atoms with Crippen molar-refractivity contribution in [3.05, 3.63) is 51.9 Å². The Kier molecular flexibility index (Phi) is 5.44. The normalized spacial score (nSPS) is 10.9. The number of anilines is 2. The van der Waals surface area contributed by atoms with Crippen LogP contribution >= 0.6 is 11.8 Å². The molecule has 0 fully saturated rings. The van der Waals surface area contributed by atoms with Gasteiger partial charge in [0.1, 0.15) is 0 Å². The van der Waals surface area contributed by atoms with E-state index in [4.69, 9.17) is 0 Å². The van der Waals surface area contributed by atoms with E-state index in [0.29, 0.717) is 11.2 Å². The predicted molar refractivity (Wildman–Crippen MR) is 90.4 cm³/mol. The Morgan fingerprint density at radius 1 is 1.33 bits per heavy atom. The van der Waals surface area contributed by atoms with Gasteiger partial charge in [0.15, 0.2) is 0 Å². The molecule has 2 aromatic rings. The van der Waals surface area contributed by atoms with Crippen molar-refractivity contribution in [3.63, 3.8) is 0 Å². The fraction of sp³-hybridized carbons (Fsp3) is 0.375. The molecule has 1 aromatic heterocycles. The zero-order valence-corrected chi connectivity index (χ0v) is 13.5. The highest BCUT2D eigenvalue weighted by Crippen LogP contribution is 2.20. The SMILES string of the molecule is CCc1ccccc1Nc1nc(CSC(C)C)cc(=O)[nH]1. The third-order valence-electron chi connectivity index (χ3n) is 3.01.